The van der Waals surface area contributed by atoms with Gasteiger partial charge in [0.15, 0.2) is 0 Å². The molecule has 32 heavy (non-hydrogen) atoms. The van der Waals surface area contributed by atoms with Crippen LogP contribution in [0.2, 0.25) is 0 Å². The van der Waals surface area contributed by atoms with Crippen molar-refractivity contribution in [1.82, 2.24) is 15.3 Å². The van der Waals surface area contributed by atoms with Crippen LogP contribution < -0.4 is 10.6 Å². The van der Waals surface area contributed by atoms with Gasteiger partial charge in [0.25, 0.3) is 5.91 Å². The number of hydrogen-bond acceptors (Lipinski definition) is 6. The van der Waals surface area contributed by atoms with Crippen LogP contribution in [-0.4, -0.2) is 34.2 Å². The Morgan fingerprint density at radius 1 is 1.09 bits per heavy atom. The zero-order valence-electron chi connectivity index (χ0n) is 17.0. The van der Waals surface area contributed by atoms with Crippen molar-refractivity contribution in [2.45, 2.75) is 25.0 Å². The highest BCUT2D eigenvalue weighted by Gasteiger charge is 2.32. The van der Waals surface area contributed by atoms with E-state index in [0.717, 1.165) is 12.1 Å². The number of pyridine rings is 2. The minimum atomic E-state index is -0.989. The summed E-state index contributed by atoms with van der Waals surface area (Å²) in [5.74, 6) is -1.40. The number of anilines is 2. The van der Waals surface area contributed by atoms with Gasteiger partial charge in [-0.15, -0.1) is 0 Å². The molecule has 2 aliphatic heterocycles. The van der Waals surface area contributed by atoms with Crippen molar-refractivity contribution in [3.05, 3.63) is 71.1 Å². The van der Waals surface area contributed by atoms with Crippen LogP contribution in [0.25, 0.3) is 11.3 Å². The maximum atomic E-state index is 14.4. The quantitative estimate of drug-likeness (QED) is 0.578. The average molecular weight is 438 g/mol. The van der Waals surface area contributed by atoms with Crippen molar-refractivity contribution >= 4 is 17.4 Å². The van der Waals surface area contributed by atoms with Crippen LogP contribution in [0.1, 0.15) is 34.5 Å². The topological polar surface area (TPSA) is 96.4 Å². The molecule has 1 fully saturated rings. The summed E-state index contributed by atoms with van der Waals surface area (Å²) >= 11 is 0. The number of aliphatic hydroxyl groups is 1. The Labute approximate surface area is 182 Å². The highest BCUT2D eigenvalue weighted by atomic mass is 19.1. The van der Waals surface area contributed by atoms with Gasteiger partial charge in [-0.25, -0.2) is 18.7 Å². The lowest BCUT2D eigenvalue weighted by molar-refractivity contribution is -0.0680. The second-order valence-corrected chi connectivity index (χ2v) is 7.86. The molecule has 0 radical (unpaired) electrons. The van der Waals surface area contributed by atoms with Crippen molar-refractivity contribution in [3.8, 4) is 11.3 Å². The van der Waals surface area contributed by atoms with Crippen LogP contribution in [0.4, 0.5) is 20.3 Å². The lowest BCUT2D eigenvalue weighted by Crippen LogP contribution is -2.33. The van der Waals surface area contributed by atoms with Crippen molar-refractivity contribution < 1.29 is 23.4 Å². The van der Waals surface area contributed by atoms with Gasteiger partial charge >= 0.3 is 0 Å². The van der Waals surface area contributed by atoms with Gasteiger partial charge in [0.05, 0.1) is 40.3 Å². The Kier molecular flexibility index (Phi) is 5.07. The molecule has 1 aromatic carbocycles. The third-order valence-corrected chi connectivity index (χ3v) is 5.84. The lowest BCUT2D eigenvalue weighted by Gasteiger charge is -2.32. The minimum absolute atomic E-state index is 0.0755. The third kappa shape index (κ3) is 3.59. The Bertz CT molecular complexity index is 1170. The third-order valence-electron chi connectivity index (χ3n) is 5.84. The zero-order valence-corrected chi connectivity index (χ0v) is 17.0. The van der Waals surface area contributed by atoms with E-state index in [1.54, 1.807) is 18.3 Å². The summed E-state index contributed by atoms with van der Waals surface area (Å²) < 4.78 is 34.0. The number of nitrogens with one attached hydrogen (secondary N) is 2. The van der Waals surface area contributed by atoms with Gasteiger partial charge in [-0.05, 0) is 24.3 Å². The van der Waals surface area contributed by atoms with Crippen LogP contribution in [0, 0.1) is 11.6 Å². The summed E-state index contributed by atoms with van der Waals surface area (Å²) in [6.07, 6.45) is 2.54. The van der Waals surface area contributed by atoms with Gasteiger partial charge in [-0.1, -0.05) is 12.1 Å². The molecule has 3 aromatic rings. The zero-order chi connectivity index (χ0) is 22.3. The smallest absolute Gasteiger partial charge is 0.255 e. The normalized spacial score (nSPS) is 17.0. The van der Waals surface area contributed by atoms with E-state index < -0.39 is 17.2 Å². The average Bonchev–Trinajstić information content (AvgIpc) is 3.16. The molecule has 2 aromatic heterocycles. The van der Waals surface area contributed by atoms with Crippen molar-refractivity contribution in [2.24, 2.45) is 0 Å². The van der Waals surface area contributed by atoms with E-state index in [1.165, 1.54) is 12.1 Å². The number of benzene rings is 1. The minimum Gasteiger partial charge on any atom is -0.385 e. The van der Waals surface area contributed by atoms with E-state index in [0.29, 0.717) is 54.4 Å². The number of carbonyl (C=O) groups excluding carboxylic acids is 1. The number of nitrogens with zero attached hydrogens (tertiary/aromatic N) is 2. The maximum Gasteiger partial charge on any atom is 0.255 e. The number of amides is 1. The fourth-order valence-corrected chi connectivity index (χ4v) is 4.08. The predicted molar refractivity (Wildman–Crippen MR) is 112 cm³/mol. The molecule has 0 spiro atoms. The first-order valence-electron chi connectivity index (χ1n) is 10.2. The van der Waals surface area contributed by atoms with E-state index in [4.69, 9.17) is 4.74 Å². The largest absolute Gasteiger partial charge is 0.385 e. The molecule has 164 valence electrons. The molecular weight excluding hydrogens is 418 g/mol. The molecule has 0 aliphatic carbocycles. The van der Waals surface area contributed by atoms with Gasteiger partial charge in [0.2, 0.25) is 0 Å². The first kappa shape index (κ1) is 20.5. The first-order valence-corrected chi connectivity index (χ1v) is 10.2. The Hall–Kier alpha value is -3.43. The van der Waals surface area contributed by atoms with E-state index >= 15 is 0 Å². The summed E-state index contributed by atoms with van der Waals surface area (Å²) in [5.41, 5.74) is 0.544. The van der Waals surface area contributed by atoms with E-state index in [1.807, 2.05) is 0 Å². The van der Waals surface area contributed by atoms with Crippen LogP contribution in [0.15, 0.2) is 42.6 Å². The second kappa shape index (κ2) is 7.92. The molecule has 0 atom stereocenters. The fourth-order valence-electron chi connectivity index (χ4n) is 4.08. The molecular formula is C23H20F2N4O3. The SMILES string of the molecule is O=C1NCc2nc(-c3c(F)cccc3F)cc(Nc3ccc(C4(O)CCOCC4)cn3)c21. The molecule has 5 rings (SSSR count). The first-order chi connectivity index (χ1) is 15.4. The standard InChI is InChI=1S/C23H20F2N4O3/c24-14-2-1-3-15(25)20(14)16-10-17(21-18(28-16)12-27-22(21)30)29-19-5-4-13(11-26-19)23(31)6-8-32-9-7-23/h1-5,10-11,31H,6-9,12H2,(H,27,30)(H,26,28,29). The number of hydrogen-bond donors (Lipinski definition) is 3. The van der Waals surface area contributed by atoms with Crippen molar-refractivity contribution in [3.63, 3.8) is 0 Å². The highest BCUT2D eigenvalue weighted by Crippen LogP contribution is 2.34. The van der Waals surface area contributed by atoms with Crippen LogP contribution in [-0.2, 0) is 16.9 Å². The van der Waals surface area contributed by atoms with E-state index in [9.17, 15) is 18.7 Å². The van der Waals surface area contributed by atoms with Gasteiger partial charge in [0, 0.05) is 37.8 Å². The summed E-state index contributed by atoms with van der Waals surface area (Å²) in [6, 6.07) is 8.48. The summed E-state index contributed by atoms with van der Waals surface area (Å²) in [7, 11) is 0. The monoisotopic (exact) mass is 438 g/mol. The Morgan fingerprint density at radius 2 is 1.84 bits per heavy atom. The van der Waals surface area contributed by atoms with Crippen LogP contribution >= 0.6 is 0 Å². The van der Waals surface area contributed by atoms with Crippen LogP contribution in [0.5, 0.6) is 0 Å². The Morgan fingerprint density at radius 3 is 2.53 bits per heavy atom. The molecule has 7 nitrogen and oxygen atoms in total. The molecule has 4 heterocycles. The fraction of sp³-hybridized carbons (Fsp3) is 0.261. The number of aromatic nitrogens is 2. The van der Waals surface area contributed by atoms with Crippen molar-refractivity contribution in [1.29, 1.82) is 0 Å². The molecule has 2 aliphatic rings. The maximum absolute atomic E-state index is 14.4. The lowest BCUT2D eigenvalue weighted by atomic mass is 9.87. The molecule has 1 saturated heterocycles. The molecule has 1 amide bonds. The van der Waals surface area contributed by atoms with Gasteiger partial charge in [-0.2, -0.15) is 0 Å². The number of fused-ring (bicyclic) bond motifs is 1. The Balaban J connectivity index is 1.51. The second-order valence-electron chi connectivity index (χ2n) is 7.86. The van der Waals surface area contributed by atoms with Crippen LogP contribution in [0.3, 0.4) is 0 Å². The molecule has 0 saturated carbocycles. The number of rotatable bonds is 4. The molecule has 9 heteroatoms. The summed E-state index contributed by atoms with van der Waals surface area (Å²) in [6.45, 7) is 1.11. The summed E-state index contributed by atoms with van der Waals surface area (Å²) in [5, 5.41) is 16.6. The number of ether oxygens (including phenoxy) is 1. The highest BCUT2D eigenvalue weighted by molar-refractivity contribution is 6.04. The van der Waals surface area contributed by atoms with Gasteiger partial charge in [0.1, 0.15) is 17.5 Å². The summed E-state index contributed by atoms with van der Waals surface area (Å²) in [4.78, 5) is 21.0. The van der Waals surface area contributed by atoms with Gasteiger partial charge in [-0.3, -0.25) is 4.79 Å². The predicted octanol–water partition coefficient (Wildman–Crippen LogP) is 3.41. The molecule has 0 unspecified atom stereocenters. The molecule has 0 bridgehead atoms. The number of carbonyl (C=O) groups is 1. The van der Waals surface area contributed by atoms with Gasteiger partial charge < -0.3 is 20.5 Å². The molecule has 3 N–H and O–H groups in total. The number of halogens is 2. The van der Waals surface area contributed by atoms with E-state index in [-0.39, 0.29) is 23.7 Å². The van der Waals surface area contributed by atoms with E-state index in [2.05, 4.69) is 20.6 Å². The van der Waals surface area contributed by atoms with Crippen molar-refractivity contribution in [2.75, 3.05) is 18.5 Å².